The molecule has 3 rings (SSSR count). The van der Waals surface area contributed by atoms with Gasteiger partial charge in [-0.2, -0.15) is 5.26 Å². The average molecular weight is 451 g/mol. The number of carbonyl (C=O) groups excluding carboxylic acids is 1. The number of amides is 1. The molecule has 1 amide bonds. The summed E-state index contributed by atoms with van der Waals surface area (Å²) in [5, 5.41) is 9.41. The monoisotopic (exact) mass is 450 g/mol. The molecule has 0 aliphatic rings. The summed E-state index contributed by atoms with van der Waals surface area (Å²) in [5.74, 6) is -0.0875. The molecule has 3 aromatic rings. The number of halogens is 1. The Morgan fingerprint density at radius 3 is 2.72 bits per heavy atom. The minimum Gasteiger partial charge on any atom is -0.335 e. The third-order valence-corrected chi connectivity index (χ3v) is 5.00. The quantitative estimate of drug-likeness (QED) is 0.514. The largest absolute Gasteiger partial charge is 0.335 e. The fourth-order valence-electron chi connectivity index (χ4n) is 2.98. The molecule has 0 aliphatic heterocycles. The molecular weight excluding hydrogens is 432 g/mol. The maximum atomic E-state index is 12.7. The second kappa shape index (κ2) is 9.30. The molecule has 0 saturated carbocycles. The third-order valence-electron chi connectivity index (χ3n) is 4.51. The van der Waals surface area contributed by atoms with Crippen molar-refractivity contribution in [3.8, 4) is 6.07 Å². The molecule has 0 atom stereocenters. The molecule has 0 radical (unpaired) electrons. The molecule has 6 nitrogen and oxygen atoms in total. The highest BCUT2D eigenvalue weighted by Gasteiger charge is 2.14. The van der Waals surface area contributed by atoms with E-state index in [9.17, 15) is 9.59 Å². The first-order valence-corrected chi connectivity index (χ1v) is 9.83. The van der Waals surface area contributed by atoms with Gasteiger partial charge in [-0.1, -0.05) is 34.1 Å². The molecular formula is C22H19BrN4O2. The number of benzene rings is 2. The van der Waals surface area contributed by atoms with Gasteiger partial charge in [0.15, 0.2) is 0 Å². The van der Waals surface area contributed by atoms with Crippen molar-refractivity contribution in [2.45, 2.75) is 19.5 Å². The molecule has 7 heteroatoms. The molecule has 0 aliphatic carbocycles. The van der Waals surface area contributed by atoms with Gasteiger partial charge in [0, 0.05) is 30.5 Å². The number of aryl methyl sites for hydroxylation is 1. The van der Waals surface area contributed by atoms with E-state index in [1.165, 1.54) is 10.9 Å². The topological polar surface area (TPSA) is 79.0 Å². The molecule has 1 heterocycles. The van der Waals surface area contributed by atoms with E-state index >= 15 is 0 Å². The Morgan fingerprint density at radius 1 is 1.28 bits per heavy atom. The van der Waals surface area contributed by atoms with Gasteiger partial charge in [0.05, 0.1) is 28.9 Å². The minimum absolute atomic E-state index is 0.0875. The van der Waals surface area contributed by atoms with Gasteiger partial charge in [0.2, 0.25) is 5.91 Å². The first-order valence-electron chi connectivity index (χ1n) is 9.04. The van der Waals surface area contributed by atoms with Crippen LogP contribution in [0.15, 0.2) is 70.7 Å². The fraction of sp³-hybridized carbons (Fsp3) is 0.182. The van der Waals surface area contributed by atoms with Crippen LogP contribution in [0.1, 0.15) is 17.5 Å². The van der Waals surface area contributed by atoms with Gasteiger partial charge >= 0.3 is 0 Å². The van der Waals surface area contributed by atoms with Gasteiger partial charge in [-0.3, -0.25) is 14.2 Å². The molecule has 0 spiro atoms. The van der Waals surface area contributed by atoms with E-state index in [-0.39, 0.29) is 24.4 Å². The number of aromatic nitrogens is 2. The molecule has 0 bridgehead atoms. The van der Waals surface area contributed by atoms with Gasteiger partial charge in [-0.25, -0.2) is 4.98 Å². The highest BCUT2D eigenvalue weighted by molar-refractivity contribution is 9.10. The van der Waals surface area contributed by atoms with Gasteiger partial charge in [-0.05, 0) is 35.9 Å². The Labute approximate surface area is 176 Å². The van der Waals surface area contributed by atoms with Crippen LogP contribution in [0.25, 0.3) is 10.9 Å². The van der Waals surface area contributed by atoms with Gasteiger partial charge in [0.25, 0.3) is 5.56 Å². The maximum absolute atomic E-state index is 12.7. The van der Waals surface area contributed by atoms with Crippen LogP contribution in [-0.4, -0.2) is 26.9 Å². The van der Waals surface area contributed by atoms with Gasteiger partial charge in [0.1, 0.15) is 0 Å². The summed E-state index contributed by atoms with van der Waals surface area (Å²) < 4.78 is 2.26. The first-order chi connectivity index (χ1) is 14.0. The number of hydrogen-bond acceptors (Lipinski definition) is 4. The smallest absolute Gasteiger partial charge is 0.261 e. The lowest BCUT2D eigenvalue weighted by Gasteiger charge is -2.21. The highest BCUT2D eigenvalue weighted by atomic mass is 79.9. The summed E-state index contributed by atoms with van der Waals surface area (Å²) in [5.41, 5.74) is 1.94. The second-order valence-electron chi connectivity index (χ2n) is 6.53. The van der Waals surface area contributed by atoms with E-state index < -0.39 is 0 Å². The van der Waals surface area contributed by atoms with Crippen molar-refractivity contribution < 1.29 is 4.79 Å². The van der Waals surface area contributed by atoms with E-state index in [1.54, 1.807) is 35.2 Å². The Balaban J connectivity index is 1.72. The summed E-state index contributed by atoms with van der Waals surface area (Å²) >= 11 is 3.37. The molecule has 0 fully saturated rings. The maximum Gasteiger partial charge on any atom is 0.261 e. The zero-order valence-electron chi connectivity index (χ0n) is 15.7. The summed E-state index contributed by atoms with van der Waals surface area (Å²) in [6.07, 6.45) is 3.32. The Bertz CT molecular complexity index is 1150. The first kappa shape index (κ1) is 20.5. The summed E-state index contributed by atoms with van der Waals surface area (Å²) in [6.45, 7) is 4.77. The van der Waals surface area contributed by atoms with Crippen molar-refractivity contribution in [3.63, 3.8) is 0 Å². The van der Waals surface area contributed by atoms with Crippen LogP contribution in [0.3, 0.4) is 0 Å². The van der Waals surface area contributed by atoms with Gasteiger partial charge in [-0.15, -0.1) is 6.58 Å². The molecule has 0 unspecified atom stereocenters. The number of rotatable bonds is 7. The van der Waals surface area contributed by atoms with E-state index in [0.717, 1.165) is 10.0 Å². The summed E-state index contributed by atoms with van der Waals surface area (Å²) in [7, 11) is 0. The van der Waals surface area contributed by atoms with E-state index in [2.05, 4.69) is 33.6 Å². The summed E-state index contributed by atoms with van der Waals surface area (Å²) in [4.78, 5) is 31.4. The lowest BCUT2D eigenvalue weighted by molar-refractivity contribution is -0.131. The Morgan fingerprint density at radius 2 is 2.03 bits per heavy atom. The zero-order chi connectivity index (χ0) is 20.8. The number of carbonyl (C=O) groups is 1. The molecule has 0 N–H and O–H groups in total. The average Bonchev–Trinajstić information content (AvgIpc) is 2.73. The molecule has 29 heavy (non-hydrogen) atoms. The van der Waals surface area contributed by atoms with Crippen LogP contribution < -0.4 is 5.56 Å². The predicted molar refractivity (Wildman–Crippen MR) is 115 cm³/mol. The Hall–Kier alpha value is -3.24. The van der Waals surface area contributed by atoms with Crippen LogP contribution in [0.2, 0.25) is 0 Å². The molecule has 1 aromatic heterocycles. The summed E-state index contributed by atoms with van der Waals surface area (Å²) in [6, 6.07) is 14.5. The van der Waals surface area contributed by atoms with Crippen LogP contribution >= 0.6 is 15.9 Å². The minimum atomic E-state index is -0.175. The number of nitriles is 1. The van der Waals surface area contributed by atoms with Crippen LogP contribution in [0.5, 0.6) is 0 Å². The van der Waals surface area contributed by atoms with Gasteiger partial charge < -0.3 is 4.90 Å². The lowest BCUT2D eigenvalue weighted by atomic mass is 10.1. The van der Waals surface area contributed by atoms with Crippen molar-refractivity contribution in [2.75, 3.05) is 6.54 Å². The van der Waals surface area contributed by atoms with Crippen molar-refractivity contribution in [1.82, 2.24) is 14.5 Å². The number of hydrogen-bond donors (Lipinski definition) is 0. The standard InChI is InChI=1S/C22H19BrN4O2/c1-2-10-26(14-17-5-3-16(13-24)4-6-17)21(28)9-11-27-15-25-20-8-7-18(23)12-19(20)22(27)29/h2-8,12,15H,1,9-11,14H2. The predicted octanol–water partition coefficient (Wildman–Crippen LogP) is 3.64. The van der Waals surface area contributed by atoms with E-state index in [4.69, 9.17) is 5.26 Å². The molecule has 2 aromatic carbocycles. The highest BCUT2D eigenvalue weighted by Crippen LogP contribution is 2.15. The number of nitrogens with zero attached hydrogens (tertiary/aromatic N) is 4. The van der Waals surface area contributed by atoms with Crippen molar-refractivity contribution in [2.24, 2.45) is 0 Å². The van der Waals surface area contributed by atoms with Crippen molar-refractivity contribution in [3.05, 3.63) is 87.4 Å². The lowest BCUT2D eigenvalue weighted by Crippen LogP contribution is -2.32. The molecule has 0 saturated heterocycles. The second-order valence-corrected chi connectivity index (χ2v) is 7.44. The Kier molecular flexibility index (Phi) is 6.57. The van der Waals surface area contributed by atoms with E-state index in [0.29, 0.717) is 29.6 Å². The van der Waals surface area contributed by atoms with Crippen molar-refractivity contribution >= 4 is 32.7 Å². The molecule has 146 valence electrons. The van der Waals surface area contributed by atoms with Crippen LogP contribution in [0.4, 0.5) is 0 Å². The third kappa shape index (κ3) is 4.98. The fourth-order valence-corrected chi connectivity index (χ4v) is 3.34. The zero-order valence-corrected chi connectivity index (χ0v) is 17.3. The van der Waals surface area contributed by atoms with Crippen molar-refractivity contribution in [1.29, 1.82) is 5.26 Å². The normalized spacial score (nSPS) is 10.5. The number of fused-ring (bicyclic) bond motifs is 1. The van der Waals surface area contributed by atoms with E-state index in [1.807, 2.05) is 18.2 Å². The van der Waals surface area contributed by atoms with Crippen LogP contribution in [0, 0.1) is 11.3 Å². The van der Waals surface area contributed by atoms with Crippen LogP contribution in [-0.2, 0) is 17.9 Å². The SMILES string of the molecule is C=CCN(Cc1ccc(C#N)cc1)C(=O)CCn1cnc2ccc(Br)cc2c1=O.